The summed E-state index contributed by atoms with van der Waals surface area (Å²) in [5, 5.41) is 18.0. The first-order valence-electron chi connectivity index (χ1n) is 7.05. The lowest BCUT2D eigenvalue weighted by atomic mass is 10.1. The summed E-state index contributed by atoms with van der Waals surface area (Å²) < 4.78 is 0. The Bertz CT molecular complexity index is 303. The van der Waals surface area contributed by atoms with Crippen molar-refractivity contribution in [3.05, 3.63) is 36.5 Å². The van der Waals surface area contributed by atoms with Crippen molar-refractivity contribution < 1.29 is 15.0 Å². The Balaban J connectivity index is 3.50. The number of hydrogen-bond donors (Lipinski definition) is 2. The van der Waals surface area contributed by atoms with Crippen LogP contribution in [0, 0.1) is 0 Å². The van der Waals surface area contributed by atoms with Gasteiger partial charge in [-0.1, -0.05) is 49.8 Å². The maximum absolute atomic E-state index is 10.3. The first-order chi connectivity index (χ1) is 9.16. The standard InChI is InChI=1S/C16H26O3/c1-2-3-9-12-15(17)13-10-7-5-4-6-8-11-14-16(18)19/h3,5,7,9-10,13,15,17H,2,4,6,8,11-12,14H2,1H3,(H,18,19)/t15-/m1/s1. The van der Waals surface area contributed by atoms with Crippen LogP contribution in [0.1, 0.15) is 51.9 Å². The number of rotatable bonds is 11. The highest BCUT2D eigenvalue weighted by atomic mass is 16.4. The molecule has 19 heavy (non-hydrogen) atoms. The maximum Gasteiger partial charge on any atom is 0.303 e. The Hall–Kier alpha value is -1.35. The number of hydrogen-bond acceptors (Lipinski definition) is 2. The van der Waals surface area contributed by atoms with Gasteiger partial charge < -0.3 is 10.2 Å². The van der Waals surface area contributed by atoms with Crippen LogP contribution in [-0.2, 0) is 4.79 Å². The molecule has 0 saturated carbocycles. The lowest BCUT2D eigenvalue weighted by Gasteiger charge is -1.98. The van der Waals surface area contributed by atoms with E-state index in [1.165, 1.54) is 0 Å². The van der Waals surface area contributed by atoms with E-state index < -0.39 is 12.1 Å². The minimum absolute atomic E-state index is 0.265. The van der Waals surface area contributed by atoms with Gasteiger partial charge in [0.05, 0.1) is 6.10 Å². The summed E-state index contributed by atoms with van der Waals surface area (Å²) in [6.45, 7) is 2.07. The Labute approximate surface area is 116 Å². The molecule has 0 unspecified atom stereocenters. The first-order valence-corrected chi connectivity index (χ1v) is 7.05. The number of aliphatic hydroxyl groups is 1. The van der Waals surface area contributed by atoms with E-state index in [9.17, 15) is 9.90 Å². The molecular weight excluding hydrogens is 240 g/mol. The van der Waals surface area contributed by atoms with Crippen LogP contribution in [-0.4, -0.2) is 22.3 Å². The van der Waals surface area contributed by atoms with Crippen LogP contribution in [0.2, 0.25) is 0 Å². The third-order valence-corrected chi connectivity index (χ3v) is 2.62. The zero-order valence-corrected chi connectivity index (χ0v) is 11.8. The minimum Gasteiger partial charge on any atom is -0.481 e. The number of allylic oxidation sites excluding steroid dienone is 4. The van der Waals surface area contributed by atoms with Gasteiger partial charge in [-0.3, -0.25) is 4.79 Å². The third-order valence-electron chi connectivity index (χ3n) is 2.62. The molecule has 0 spiro atoms. The van der Waals surface area contributed by atoms with E-state index >= 15 is 0 Å². The molecule has 3 nitrogen and oxygen atoms in total. The SMILES string of the molecule is CCC=CC[C@@H](O)C=CC=CCCCCCC(=O)O. The van der Waals surface area contributed by atoms with Gasteiger partial charge in [-0.2, -0.15) is 0 Å². The molecule has 0 aromatic heterocycles. The molecule has 0 aromatic rings. The molecule has 0 aliphatic heterocycles. The molecule has 0 rings (SSSR count). The zero-order chi connectivity index (χ0) is 14.3. The number of unbranched alkanes of at least 4 members (excludes halogenated alkanes) is 3. The molecule has 0 aromatic carbocycles. The normalized spacial score (nSPS) is 13.8. The summed E-state index contributed by atoms with van der Waals surface area (Å²) in [6, 6.07) is 0. The van der Waals surface area contributed by atoms with Crippen LogP contribution in [0.4, 0.5) is 0 Å². The van der Waals surface area contributed by atoms with E-state index in [0.29, 0.717) is 6.42 Å². The third kappa shape index (κ3) is 14.6. The average molecular weight is 266 g/mol. The summed E-state index contributed by atoms with van der Waals surface area (Å²) >= 11 is 0. The quantitative estimate of drug-likeness (QED) is 0.339. The molecule has 2 N–H and O–H groups in total. The van der Waals surface area contributed by atoms with E-state index in [1.807, 2.05) is 30.4 Å². The number of carboxylic acids is 1. The van der Waals surface area contributed by atoms with Crippen molar-refractivity contribution in [2.24, 2.45) is 0 Å². The smallest absolute Gasteiger partial charge is 0.303 e. The highest BCUT2D eigenvalue weighted by molar-refractivity contribution is 5.66. The van der Waals surface area contributed by atoms with Gasteiger partial charge in [0.1, 0.15) is 0 Å². The monoisotopic (exact) mass is 266 g/mol. The summed E-state index contributed by atoms with van der Waals surface area (Å²) in [5.41, 5.74) is 0. The molecule has 0 saturated heterocycles. The fraction of sp³-hybridized carbons (Fsp3) is 0.562. The molecule has 0 radical (unpaired) electrons. The topological polar surface area (TPSA) is 57.5 Å². The molecule has 108 valence electrons. The van der Waals surface area contributed by atoms with E-state index in [2.05, 4.69) is 6.92 Å². The molecule has 0 aliphatic carbocycles. The molecule has 0 fully saturated rings. The van der Waals surface area contributed by atoms with E-state index in [0.717, 1.165) is 32.1 Å². The van der Waals surface area contributed by atoms with Crippen LogP contribution in [0.5, 0.6) is 0 Å². The number of carbonyl (C=O) groups is 1. The minimum atomic E-state index is -0.718. The van der Waals surface area contributed by atoms with Crippen LogP contribution in [0.15, 0.2) is 36.5 Å². The second kappa shape index (κ2) is 13.1. The fourth-order valence-electron chi connectivity index (χ4n) is 1.56. The van der Waals surface area contributed by atoms with E-state index in [-0.39, 0.29) is 6.42 Å². The van der Waals surface area contributed by atoms with Gasteiger partial charge in [0.15, 0.2) is 0 Å². The van der Waals surface area contributed by atoms with Crippen molar-refractivity contribution in [2.45, 2.75) is 58.0 Å². The number of aliphatic hydroxyl groups excluding tert-OH is 1. The highest BCUT2D eigenvalue weighted by Crippen LogP contribution is 2.04. The number of aliphatic carboxylic acids is 1. The van der Waals surface area contributed by atoms with Crippen LogP contribution in [0.3, 0.4) is 0 Å². The number of carboxylic acid groups (broad SMARTS) is 1. The van der Waals surface area contributed by atoms with Crippen molar-refractivity contribution in [3.8, 4) is 0 Å². The summed E-state index contributed by atoms with van der Waals surface area (Å²) in [6.07, 6.45) is 16.8. The second-order valence-electron chi connectivity index (χ2n) is 4.49. The molecule has 3 heteroatoms. The van der Waals surface area contributed by atoms with Gasteiger partial charge >= 0.3 is 5.97 Å². The fourth-order valence-corrected chi connectivity index (χ4v) is 1.56. The van der Waals surface area contributed by atoms with Crippen molar-refractivity contribution in [1.29, 1.82) is 0 Å². The van der Waals surface area contributed by atoms with Crippen LogP contribution >= 0.6 is 0 Å². The summed E-state index contributed by atoms with van der Waals surface area (Å²) in [5.74, 6) is -0.718. The predicted octanol–water partition coefficient (Wildman–Crippen LogP) is 3.85. The van der Waals surface area contributed by atoms with Gasteiger partial charge in [0.25, 0.3) is 0 Å². The Morgan fingerprint density at radius 3 is 2.58 bits per heavy atom. The molecule has 0 heterocycles. The highest BCUT2D eigenvalue weighted by Gasteiger charge is 1.95. The molecular formula is C16H26O3. The zero-order valence-electron chi connectivity index (χ0n) is 11.8. The molecule has 1 atom stereocenters. The molecule has 0 aliphatic rings. The van der Waals surface area contributed by atoms with E-state index in [4.69, 9.17) is 5.11 Å². The summed E-state index contributed by atoms with van der Waals surface area (Å²) in [4.78, 5) is 10.3. The van der Waals surface area contributed by atoms with Crippen molar-refractivity contribution in [2.75, 3.05) is 0 Å². The van der Waals surface area contributed by atoms with Gasteiger partial charge in [0.2, 0.25) is 0 Å². The molecule has 0 amide bonds. The van der Waals surface area contributed by atoms with E-state index in [1.54, 1.807) is 6.08 Å². The molecule has 0 bridgehead atoms. The second-order valence-corrected chi connectivity index (χ2v) is 4.49. The summed E-state index contributed by atoms with van der Waals surface area (Å²) in [7, 11) is 0. The Morgan fingerprint density at radius 1 is 1.11 bits per heavy atom. The average Bonchev–Trinajstić information content (AvgIpc) is 2.36. The first kappa shape index (κ1) is 17.6. The van der Waals surface area contributed by atoms with Crippen LogP contribution in [0.25, 0.3) is 0 Å². The van der Waals surface area contributed by atoms with Crippen molar-refractivity contribution in [1.82, 2.24) is 0 Å². The van der Waals surface area contributed by atoms with Gasteiger partial charge in [0, 0.05) is 6.42 Å². The predicted molar refractivity (Wildman–Crippen MR) is 79.1 cm³/mol. The lowest BCUT2D eigenvalue weighted by Crippen LogP contribution is -1.98. The largest absolute Gasteiger partial charge is 0.481 e. The van der Waals surface area contributed by atoms with Gasteiger partial charge in [-0.25, -0.2) is 0 Å². The van der Waals surface area contributed by atoms with Gasteiger partial charge in [-0.15, -0.1) is 0 Å². The maximum atomic E-state index is 10.3. The Morgan fingerprint density at radius 2 is 1.89 bits per heavy atom. The van der Waals surface area contributed by atoms with Gasteiger partial charge in [-0.05, 0) is 32.1 Å². The Kier molecular flexibility index (Phi) is 12.2. The van der Waals surface area contributed by atoms with Crippen molar-refractivity contribution in [3.63, 3.8) is 0 Å². The van der Waals surface area contributed by atoms with Crippen molar-refractivity contribution >= 4 is 5.97 Å². The lowest BCUT2D eigenvalue weighted by molar-refractivity contribution is -0.137. The van der Waals surface area contributed by atoms with Crippen LogP contribution < -0.4 is 0 Å².